The monoisotopic (exact) mass is 311 g/mol. The predicted molar refractivity (Wildman–Crippen MR) is 87.3 cm³/mol. The number of nitrogens with zero attached hydrogens (tertiary/aromatic N) is 5. The van der Waals surface area contributed by atoms with Gasteiger partial charge in [-0.15, -0.1) is 0 Å². The van der Waals surface area contributed by atoms with Gasteiger partial charge < -0.3 is 9.80 Å². The maximum absolute atomic E-state index is 11.7. The van der Waals surface area contributed by atoms with Crippen molar-refractivity contribution in [2.45, 2.75) is 19.3 Å². The van der Waals surface area contributed by atoms with Gasteiger partial charge in [0.05, 0.1) is 4.92 Å². The van der Waals surface area contributed by atoms with Crippen LogP contribution >= 0.6 is 0 Å². The third-order valence-corrected chi connectivity index (χ3v) is 4.51. The lowest BCUT2D eigenvalue weighted by Gasteiger charge is -2.21. The quantitative estimate of drug-likeness (QED) is 0.641. The van der Waals surface area contributed by atoms with E-state index in [1.54, 1.807) is 0 Å². The molecule has 1 saturated heterocycles. The lowest BCUT2D eigenvalue weighted by Crippen LogP contribution is -2.23. The van der Waals surface area contributed by atoms with Crippen LogP contribution in [0.1, 0.15) is 18.4 Å². The van der Waals surface area contributed by atoms with Crippen LogP contribution in [0.25, 0.3) is 0 Å². The van der Waals surface area contributed by atoms with Crippen molar-refractivity contribution in [1.82, 2.24) is 9.97 Å². The predicted octanol–water partition coefficient (Wildman–Crippen LogP) is 2.68. The Hall–Kier alpha value is -2.70. The van der Waals surface area contributed by atoms with Crippen molar-refractivity contribution >= 4 is 23.0 Å². The zero-order valence-corrected chi connectivity index (χ0v) is 12.7. The van der Waals surface area contributed by atoms with Gasteiger partial charge in [0.2, 0.25) is 11.6 Å². The number of anilines is 3. The van der Waals surface area contributed by atoms with Gasteiger partial charge in [0.25, 0.3) is 0 Å². The number of benzene rings is 1. The van der Waals surface area contributed by atoms with E-state index in [1.165, 1.54) is 11.9 Å². The molecule has 4 rings (SSSR count). The van der Waals surface area contributed by atoms with Gasteiger partial charge in [0.1, 0.15) is 6.33 Å². The van der Waals surface area contributed by atoms with Crippen molar-refractivity contribution in [2.24, 2.45) is 0 Å². The molecule has 7 heteroatoms. The number of aromatic nitrogens is 2. The molecule has 2 aliphatic rings. The maximum atomic E-state index is 11.7. The average molecular weight is 311 g/mol. The van der Waals surface area contributed by atoms with E-state index in [2.05, 4.69) is 16.0 Å². The lowest BCUT2D eigenvalue weighted by atomic mass is 10.2. The van der Waals surface area contributed by atoms with Gasteiger partial charge in [-0.1, -0.05) is 18.2 Å². The molecule has 0 amide bonds. The molecule has 7 nitrogen and oxygen atoms in total. The largest absolute Gasteiger partial charge is 0.353 e. The van der Waals surface area contributed by atoms with E-state index in [-0.39, 0.29) is 10.6 Å². The van der Waals surface area contributed by atoms with Gasteiger partial charge in [-0.05, 0) is 30.9 Å². The number of hydrogen-bond acceptors (Lipinski definition) is 6. The van der Waals surface area contributed by atoms with E-state index in [4.69, 9.17) is 0 Å². The molecule has 0 spiro atoms. The molecule has 0 radical (unpaired) electrons. The summed E-state index contributed by atoms with van der Waals surface area (Å²) in [5.41, 5.74) is 2.22. The third-order valence-electron chi connectivity index (χ3n) is 4.51. The van der Waals surface area contributed by atoms with Crippen LogP contribution in [-0.4, -0.2) is 34.5 Å². The first-order chi connectivity index (χ1) is 11.3. The summed E-state index contributed by atoms with van der Waals surface area (Å²) in [6.45, 7) is 2.33. The Bertz CT molecular complexity index is 758. The highest BCUT2D eigenvalue weighted by molar-refractivity contribution is 5.78. The molecule has 0 bridgehead atoms. The van der Waals surface area contributed by atoms with E-state index in [9.17, 15) is 10.1 Å². The molecule has 1 aromatic carbocycles. The number of hydrogen-bond donors (Lipinski definition) is 0. The van der Waals surface area contributed by atoms with Crippen molar-refractivity contribution in [3.63, 3.8) is 0 Å². The fourth-order valence-electron chi connectivity index (χ4n) is 3.44. The Morgan fingerprint density at radius 3 is 2.57 bits per heavy atom. The molecule has 0 N–H and O–H groups in total. The van der Waals surface area contributed by atoms with Crippen LogP contribution in [0.15, 0.2) is 30.6 Å². The summed E-state index contributed by atoms with van der Waals surface area (Å²) >= 11 is 0. The normalized spacial score (nSPS) is 16.7. The number of rotatable bonds is 3. The summed E-state index contributed by atoms with van der Waals surface area (Å²) in [6, 6.07) is 7.99. The van der Waals surface area contributed by atoms with Crippen LogP contribution in [0, 0.1) is 10.1 Å². The van der Waals surface area contributed by atoms with Crippen molar-refractivity contribution in [3.05, 3.63) is 46.3 Å². The van der Waals surface area contributed by atoms with Gasteiger partial charge in [-0.25, -0.2) is 9.97 Å². The number of para-hydroxylation sites is 1. The highest BCUT2D eigenvalue weighted by Crippen LogP contribution is 2.41. The van der Waals surface area contributed by atoms with E-state index in [0.29, 0.717) is 18.2 Å². The minimum atomic E-state index is -0.343. The molecule has 2 aromatic rings. The van der Waals surface area contributed by atoms with E-state index < -0.39 is 0 Å². The van der Waals surface area contributed by atoms with Crippen molar-refractivity contribution in [2.75, 3.05) is 29.4 Å². The molecule has 1 aromatic heterocycles. The summed E-state index contributed by atoms with van der Waals surface area (Å²) in [7, 11) is 0. The average Bonchev–Trinajstić information content (AvgIpc) is 3.23. The molecule has 1 fully saturated rings. The Balaban J connectivity index is 1.83. The van der Waals surface area contributed by atoms with Crippen LogP contribution in [0.3, 0.4) is 0 Å². The second-order valence-corrected chi connectivity index (χ2v) is 5.85. The minimum absolute atomic E-state index is 0.0195. The summed E-state index contributed by atoms with van der Waals surface area (Å²) in [5, 5.41) is 11.7. The minimum Gasteiger partial charge on any atom is -0.351 e. The molecular weight excluding hydrogens is 294 g/mol. The highest BCUT2D eigenvalue weighted by atomic mass is 16.6. The summed E-state index contributed by atoms with van der Waals surface area (Å²) in [4.78, 5) is 23.8. The van der Waals surface area contributed by atoms with Crippen LogP contribution in [-0.2, 0) is 6.42 Å². The second kappa shape index (κ2) is 5.49. The molecule has 118 valence electrons. The molecule has 0 unspecified atom stereocenters. The van der Waals surface area contributed by atoms with Gasteiger partial charge >= 0.3 is 5.69 Å². The van der Waals surface area contributed by atoms with Gasteiger partial charge in [0.15, 0.2) is 0 Å². The molecule has 0 saturated carbocycles. The van der Waals surface area contributed by atoms with Crippen LogP contribution in [0.5, 0.6) is 0 Å². The molecule has 0 aliphatic carbocycles. The molecule has 3 heterocycles. The Labute approximate surface area is 133 Å². The Morgan fingerprint density at radius 1 is 1.04 bits per heavy atom. The fourth-order valence-corrected chi connectivity index (χ4v) is 3.44. The summed E-state index contributed by atoms with van der Waals surface area (Å²) < 4.78 is 0. The molecular formula is C16H17N5O2. The van der Waals surface area contributed by atoms with Crippen LogP contribution in [0.4, 0.5) is 23.0 Å². The first-order valence-corrected chi connectivity index (χ1v) is 7.85. The van der Waals surface area contributed by atoms with Gasteiger partial charge in [-0.3, -0.25) is 10.1 Å². The van der Waals surface area contributed by atoms with Gasteiger partial charge in [0, 0.05) is 25.3 Å². The Kier molecular flexibility index (Phi) is 3.33. The van der Waals surface area contributed by atoms with Crippen LogP contribution < -0.4 is 9.80 Å². The second-order valence-electron chi connectivity index (χ2n) is 5.85. The summed E-state index contributed by atoms with van der Waals surface area (Å²) in [6.07, 6.45) is 4.40. The third kappa shape index (κ3) is 2.28. The first kappa shape index (κ1) is 13.9. The SMILES string of the molecule is O=[N+]([O-])c1c(N2CCCC2)ncnc1N1CCc2ccccc21. The molecule has 23 heavy (non-hydrogen) atoms. The zero-order valence-electron chi connectivity index (χ0n) is 12.7. The van der Waals surface area contributed by atoms with E-state index in [1.807, 2.05) is 28.0 Å². The molecule has 2 aliphatic heterocycles. The number of nitro groups is 1. The maximum Gasteiger partial charge on any atom is 0.353 e. The number of fused-ring (bicyclic) bond motifs is 1. The van der Waals surface area contributed by atoms with E-state index >= 15 is 0 Å². The highest BCUT2D eigenvalue weighted by Gasteiger charge is 2.33. The van der Waals surface area contributed by atoms with E-state index in [0.717, 1.165) is 38.0 Å². The first-order valence-electron chi connectivity index (χ1n) is 7.85. The Morgan fingerprint density at radius 2 is 1.78 bits per heavy atom. The van der Waals surface area contributed by atoms with Crippen LogP contribution in [0.2, 0.25) is 0 Å². The van der Waals surface area contributed by atoms with Crippen molar-refractivity contribution in [1.29, 1.82) is 0 Å². The van der Waals surface area contributed by atoms with Crippen molar-refractivity contribution < 1.29 is 4.92 Å². The summed E-state index contributed by atoms with van der Waals surface area (Å²) in [5.74, 6) is 0.846. The zero-order chi connectivity index (χ0) is 15.8. The fraction of sp³-hybridized carbons (Fsp3) is 0.375. The molecule has 0 atom stereocenters. The topological polar surface area (TPSA) is 75.4 Å². The van der Waals surface area contributed by atoms with Gasteiger partial charge in [-0.2, -0.15) is 0 Å². The smallest absolute Gasteiger partial charge is 0.351 e. The standard InChI is InChI=1S/C16H17N5O2/c22-21(23)14-15(19-8-3-4-9-19)17-11-18-16(14)20-10-7-12-5-1-2-6-13(12)20/h1-2,5-6,11H,3-4,7-10H2. The van der Waals surface area contributed by atoms with Crippen molar-refractivity contribution in [3.8, 4) is 0 Å². The lowest BCUT2D eigenvalue weighted by molar-refractivity contribution is -0.383.